The molecule has 0 fully saturated rings. The van der Waals surface area contributed by atoms with Crippen molar-refractivity contribution in [2.24, 2.45) is 0 Å². The standard InChI is InChI=1S/C8H10N2O2S/c1-6(2)8(11,13-12)7-9-4-3-5-10-7/h3-5,11H,1-2H3/q+1. The normalized spacial score (nSPS) is 15.4. The van der Waals surface area contributed by atoms with Crippen molar-refractivity contribution in [1.29, 1.82) is 0 Å². The minimum absolute atomic E-state index is 0.0769. The van der Waals surface area contributed by atoms with Crippen LogP contribution in [0.15, 0.2) is 18.5 Å². The summed E-state index contributed by atoms with van der Waals surface area (Å²) in [5, 5.41) is 9.86. The van der Waals surface area contributed by atoms with Crippen molar-refractivity contribution in [2.45, 2.75) is 18.8 Å². The van der Waals surface area contributed by atoms with E-state index in [0.717, 1.165) is 0 Å². The summed E-state index contributed by atoms with van der Waals surface area (Å²) in [7, 11) is 0. The fraction of sp³-hybridized carbons (Fsp3) is 0.375. The van der Waals surface area contributed by atoms with Gasteiger partial charge in [-0.3, -0.25) is 0 Å². The van der Waals surface area contributed by atoms with E-state index < -0.39 is 4.93 Å². The van der Waals surface area contributed by atoms with Crippen LogP contribution in [0, 0.1) is 5.92 Å². The smallest absolute Gasteiger partial charge is 0.330 e. The van der Waals surface area contributed by atoms with E-state index in [1.54, 1.807) is 19.9 Å². The zero-order valence-electron chi connectivity index (χ0n) is 7.39. The maximum absolute atomic E-state index is 10.8. The Bertz CT molecular complexity index is 291. The van der Waals surface area contributed by atoms with Crippen molar-refractivity contribution < 1.29 is 9.32 Å². The molecule has 1 radical (unpaired) electrons. The second-order valence-corrected chi connectivity index (χ2v) is 3.56. The van der Waals surface area contributed by atoms with Gasteiger partial charge in [0.2, 0.25) is 5.82 Å². The fourth-order valence-electron chi connectivity index (χ4n) is 0.818. The predicted octanol–water partition coefficient (Wildman–Crippen LogP) is 0.664. The molecule has 0 aliphatic carbocycles. The Morgan fingerprint density at radius 1 is 1.46 bits per heavy atom. The van der Waals surface area contributed by atoms with Crippen LogP contribution in [-0.4, -0.2) is 15.1 Å². The van der Waals surface area contributed by atoms with Crippen molar-refractivity contribution in [1.82, 2.24) is 9.97 Å². The Morgan fingerprint density at radius 3 is 2.38 bits per heavy atom. The highest BCUT2D eigenvalue weighted by Crippen LogP contribution is 2.27. The van der Waals surface area contributed by atoms with Gasteiger partial charge in [-0.05, 0) is 6.07 Å². The van der Waals surface area contributed by atoms with Gasteiger partial charge in [-0.15, -0.1) is 0 Å². The monoisotopic (exact) mass is 198 g/mol. The van der Waals surface area contributed by atoms with E-state index >= 15 is 0 Å². The lowest BCUT2D eigenvalue weighted by molar-refractivity contribution is 0.139. The summed E-state index contributed by atoms with van der Waals surface area (Å²) < 4.78 is 10.8. The summed E-state index contributed by atoms with van der Waals surface area (Å²) in [5.41, 5.74) is 0. The first-order chi connectivity index (χ1) is 6.11. The number of aromatic nitrogens is 2. The van der Waals surface area contributed by atoms with Crippen molar-refractivity contribution in [3.8, 4) is 0 Å². The molecule has 4 nitrogen and oxygen atoms in total. The predicted molar refractivity (Wildman–Crippen MR) is 48.6 cm³/mol. The van der Waals surface area contributed by atoms with Crippen LogP contribution in [-0.2, 0) is 20.8 Å². The molecule has 1 unspecified atom stereocenters. The summed E-state index contributed by atoms with van der Waals surface area (Å²) in [5.74, 6) is 0.703. The van der Waals surface area contributed by atoms with Crippen molar-refractivity contribution in [3.05, 3.63) is 30.2 Å². The maximum Gasteiger partial charge on any atom is 0.506 e. The van der Waals surface area contributed by atoms with Gasteiger partial charge in [0.25, 0.3) is 0 Å². The van der Waals surface area contributed by atoms with E-state index in [-0.39, 0.29) is 17.5 Å². The van der Waals surface area contributed by atoms with E-state index in [1.165, 1.54) is 12.4 Å². The zero-order valence-corrected chi connectivity index (χ0v) is 8.21. The fourth-order valence-corrected chi connectivity index (χ4v) is 1.16. The Labute approximate surface area is 80.5 Å². The van der Waals surface area contributed by atoms with Gasteiger partial charge in [-0.2, -0.15) is 0 Å². The molecule has 0 saturated carbocycles. The summed E-state index contributed by atoms with van der Waals surface area (Å²) >= 11 is 0.0769. The molecule has 1 rings (SSSR count). The molecular weight excluding hydrogens is 188 g/mol. The molecule has 0 saturated heterocycles. The van der Waals surface area contributed by atoms with Gasteiger partial charge in [0.05, 0.1) is 5.92 Å². The summed E-state index contributed by atoms with van der Waals surface area (Å²) in [6.45, 7) is 3.34. The molecule has 1 heterocycles. The molecule has 1 aromatic heterocycles. The summed E-state index contributed by atoms with van der Waals surface area (Å²) in [6.07, 6.45) is 2.99. The van der Waals surface area contributed by atoms with Crippen molar-refractivity contribution >= 4 is 11.7 Å². The molecule has 1 N–H and O–H groups in total. The quantitative estimate of drug-likeness (QED) is 0.572. The van der Waals surface area contributed by atoms with Gasteiger partial charge in [0.1, 0.15) is 0 Å². The summed E-state index contributed by atoms with van der Waals surface area (Å²) in [6, 6.07) is 1.63. The van der Waals surface area contributed by atoms with Crippen LogP contribution in [0.4, 0.5) is 0 Å². The lowest BCUT2D eigenvalue weighted by Gasteiger charge is -2.11. The number of nitrogens with zero attached hydrogens (tertiary/aromatic N) is 2. The Hall–Kier alpha value is -0.940. The highest BCUT2D eigenvalue weighted by atomic mass is 32.1. The minimum Gasteiger partial charge on any atom is -0.330 e. The van der Waals surface area contributed by atoms with Gasteiger partial charge in [-0.25, -0.2) is 9.97 Å². The second kappa shape index (κ2) is 3.85. The van der Waals surface area contributed by atoms with Crippen LogP contribution in [0.25, 0.3) is 0 Å². The van der Waals surface area contributed by atoms with Crippen LogP contribution in [0.5, 0.6) is 0 Å². The first-order valence-corrected chi connectivity index (χ1v) is 4.47. The van der Waals surface area contributed by atoms with Crippen LogP contribution in [0.1, 0.15) is 19.7 Å². The Kier molecular flexibility index (Phi) is 3.00. The molecular formula is C8H10N2O2S+. The average molecular weight is 198 g/mol. The van der Waals surface area contributed by atoms with E-state index in [1.807, 2.05) is 0 Å². The minimum atomic E-state index is -1.61. The number of hydrogen-bond donors (Lipinski definition) is 1. The van der Waals surface area contributed by atoms with Gasteiger partial charge >= 0.3 is 16.6 Å². The third-order valence-electron chi connectivity index (χ3n) is 1.67. The number of hydrogen-bond acceptors (Lipinski definition) is 4. The molecule has 0 aliphatic rings. The Morgan fingerprint density at radius 2 is 2.00 bits per heavy atom. The number of rotatable bonds is 3. The zero-order chi connectivity index (χ0) is 9.90. The third kappa shape index (κ3) is 1.87. The second-order valence-electron chi connectivity index (χ2n) is 2.80. The van der Waals surface area contributed by atoms with Crippen molar-refractivity contribution in [3.63, 3.8) is 0 Å². The highest BCUT2D eigenvalue weighted by molar-refractivity contribution is 7.66. The first kappa shape index (κ1) is 10.1. The van der Waals surface area contributed by atoms with Gasteiger partial charge in [0.15, 0.2) is 0 Å². The van der Waals surface area contributed by atoms with Crippen LogP contribution in [0.3, 0.4) is 0 Å². The van der Waals surface area contributed by atoms with E-state index in [4.69, 9.17) is 0 Å². The maximum atomic E-state index is 10.8. The van der Waals surface area contributed by atoms with Gasteiger partial charge in [0, 0.05) is 16.6 Å². The molecule has 13 heavy (non-hydrogen) atoms. The van der Waals surface area contributed by atoms with E-state index in [0.29, 0.717) is 5.92 Å². The van der Waals surface area contributed by atoms with E-state index in [9.17, 15) is 9.32 Å². The SMILES string of the molecule is C[C](C)C(O)([S+]=O)c1ncccn1. The molecule has 5 heteroatoms. The summed E-state index contributed by atoms with van der Waals surface area (Å²) in [4.78, 5) is 6.07. The molecule has 0 aliphatic heterocycles. The first-order valence-electron chi connectivity index (χ1n) is 3.72. The largest absolute Gasteiger partial charge is 0.506 e. The molecule has 0 spiro atoms. The van der Waals surface area contributed by atoms with E-state index in [2.05, 4.69) is 9.97 Å². The number of aliphatic hydroxyl groups is 1. The van der Waals surface area contributed by atoms with Gasteiger partial charge < -0.3 is 5.11 Å². The van der Waals surface area contributed by atoms with Crippen LogP contribution >= 0.6 is 0 Å². The third-order valence-corrected chi connectivity index (χ3v) is 2.50. The average Bonchev–Trinajstić information content (AvgIpc) is 2.17. The highest BCUT2D eigenvalue weighted by Gasteiger charge is 2.51. The van der Waals surface area contributed by atoms with Gasteiger partial charge in [-0.1, -0.05) is 13.8 Å². The molecule has 69 valence electrons. The molecule has 0 aromatic carbocycles. The van der Waals surface area contributed by atoms with Crippen LogP contribution < -0.4 is 0 Å². The molecule has 1 atom stereocenters. The lowest BCUT2D eigenvalue weighted by Crippen LogP contribution is -2.31. The van der Waals surface area contributed by atoms with Crippen molar-refractivity contribution in [2.75, 3.05) is 0 Å². The van der Waals surface area contributed by atoms with Crippen LogP contribution in [0.2, 0.25) is 0 Å². The molecule has 1 aromatic rings. The lowest BCUT2D eigenvalue weighted by atomic mass is 10.1. The topological polar surface area (TPSA) is 63.1 Å². The Balaban J connectivity index is 3.10. The molecule has 0 amide bonds. The molecule has 0 bridgehead atoms.